The smallest absolute Gasteiger partial charge is 0.162 e. The van der Waals surface area contributed by atoms with Crippen molar-refractivity contribution < 1.29 is 9.47 Å². The van der Waals surface area contributed by atoms with Crippen LogP contribution in [0.15, 0.2) is 30.3 Å². The molecule has 0 saturated carbocycles. The van der Waals surface area contributed by atoms with Crippen LogP contribution in [0.1, 0.15) is 5.69 Å². The Kier molecular flexibility index (Phi) is 4.27. The van der Waals surface area contributed by atoms with Crippen LogP contribution in [0.5, 0.6) is 5.75 Å². The number of nitrogen functional groups attached to an aromatic ring is 1. The molecule has 0 saturated heterocycles. The molecule has 0 aliphatic rings. The highest BCUT2D eigenvalue weighted by Crippen LogP contribution is 2.22. The molecule has 0 spiro atoms. The Balaban J connectivity index is 2.44. The van der Waals surface area contributed by atoms with E-state index in [2.05, 4.69) is 15.4 Å². The molecule has 1 heterocycles. The van der Waals surface area contributed by atoms with Crippen LogP contribution in [0.2, 0.25) is 0 Å². The summed E-state index contributed by atoms with van der Waals surface area (Å²) in [6.45, 7) is 0.397. The van der Waals surface area contributed by atoms with Gasteiger partial charge in [-0.25, -0.2) is 15.8 Å². The second kappa shape index (κ2) is 6.12. The molecule has 19 heavy (non-hydrogen) atoms. The summed E-state index contributed by atoms with van der Waals surface area (Å²) in [4.78, 5) is 8.75. The van der Waals surface area contributed by atoms with Crippen LogP contribution in [-0.2, 0) is 11.3 Å². The number of nitrogens with one attached hydrogen (secondary N) is 1. The van der Waals surface area contributed by atoms with Crippen molar-refractivity contribution in [2.24, 2.45) is 5.84 Å². The van der Waals surface area contributed by atoms with Gasteiger partial charge in [0.15, 0.2) is 5.82 Å². The maximum atomic E-state index is 5.41. The minimum Gasteiger partial charge on any atom is -0.497 e. The van der Waals surface area contributed by atoms with Gasteiger partial charge >= 0.3 is 0 Å². The summed E-state index contributed by atoms with van der Waals surface area (Å²) in [6.07, 6.45) is 0. The number of benzene rings is 1. The fourth-order valence-electron chi connectivity index (χ4n) is 1.68. The van der Waals surface area contributed by atoms with Gasteiger partial charge in [0.1, 0.15) is 11.6 Å². The lowest BCUT2D eigenvalue weighted by atomic mass is 10.2. The van der Waals surface area contributed by atoms with E-state index < -0.39 is 0 Å². The lowest BCUT2D eigenvalue weighted by Gasteiger charge is -2.08. The summed E-state index contributed by atoms with van der Waals surface area (Å²) in [7, 11) is 3.23. The number of nitrogens with two attached hydrogens (primary N) is 1. The van der Waals surface area contributed by atoms with E-state index in [0.717, 1.165) is 17.0 Å². The van der Waals surface area contributed by atoms with Gasteiger partial charge in [0.25, 0.3) is 0 Å². The van der Waals surface area contributed by atoms with Gasteiger partial charge in [0, 0.05) is 18.7 Å². The van der Waals surface area contributed by atoms with Gasteiger partial charge in [-0.15, -0.1) is 0 Å². The number of hydrogen-bond acceptors (Lipinski definition) is 6. The zero-order valence-electron chi connectivity index (χ0n) is 10.9. The fraction of sp³-hybridized carbons (Fsp3) is 0.231. The number of rotatable bonds is 5. The summed E-state index contributed by atoms with van der Waals surface area (Å²) < 4.78 is 10.3. The Labute approximate surface area is 111 Å². The lowest BCUT2D eigenvalue weighted by molar-refractivity contribution is 0.181. The normalized spacial score (nSPS) is 10.3. The fourth-order valence-corrected chi connectivity index (χ4v) is 1.68. The molecule has 100 valence electrons. The predicted octanol–water partition coefficient (Wildman–Crippen LogP) is 1.58. The van der Waals surface area contributed by atoms with E-state index >= 15 is 0 Å². The van der Waals surface area contributed by atoms with E-state index in [1.165, 1.54) is 0 Å². The Morgan fingerprint density at radius 2 is 2.05 bits per heavy atom. The molecule has 6 nitrogen and oxygen atoms in total. The Bertz CT molecular complexity index is 560. The number of hydrazine groups is 1. The Morgan fingerprint density at radius 3 is 2.74 bits per heavy atom. The molecule has 0 bridgehead atoms. The number of nitrogens with zero attached hydrogens (tertiary/aromatic N) is 2. The highest BCUT2D eigenvalue weighted by atomic mass is 16.5. The van der Waals surface area contributed by atoms with Crippen molar-refractivity contribution in [2.75, 3.05) is 19.6 Å². The monoisotopic (exact) mass is 260 g/mol. The molecule has 0 amide bonds. The molecular weight excluding hydrogens is 244 g/mol. The van der Waals surface area contributed by atoms with Crippen LogP contribution >= 0.6 is 0 Å². The number of anilines is 1. The van der Waals surface area contributed by atoms with Crippen LogP contribution in [0, 0.1) is 0 Å². The topological polar surface area (TPSA) is 82.3 Å². The van der Waals surface area contributed by atoms with Crippen LogP contribution in [-0.4, -0.2) is 24.2 Å². The van der Waals surface area contributed by atoms with Gasteiger partial charge in [0.2, 0.25) is 0 Å². The number of ether oxygens (including phenoxy) is 2. The second-order valence-corrected chi connectivity index (χ2v) is 3.88. The van der Waals surface area contributed by atoms with E-state index in [4.69, 9.17) is 15.3 Å². The molecule has 0 atom stereocenters. The van der Waals surface area contributed by atoms with Crippen molar-refractivity contribution in [3.8, 4) is 17.1 Å². The van der Waals surface area contributed by atoms with E-state index in [-0.39, 0.29) is 0 Å². The van der Waals surface area contributed by atoms with Crippen molar-refractivity contribution in [1.82, 2.24) is 9.97 Å². The van der Waals surface area contributed by atoms with Crippen LogP contribution in [0.3, 0.4) is 0 Å². The summed E-state index contributed by atoms with van der Waals surface area (Å²) in [5.41, 5.74) is 4.14. The van der Waals surface area contributed by atoms with Gasteiger partial charge in [-0.3, -0.25) is 0 Å². The molecule has 6 heteroatoms. The zero-order chi connectivity index (χ0) is 13.7. The molecule has 0 fully saturated rings. The van der Waals surface area contributed by atoms with Crippen molar-refractivity contribution in [2.45, 2.75) is 6.61 Å². The third-order valence-electron chi connectivity index (χ3n) is 2.55. The summed E-state index contributed by atoms with van der Waals surface area (Å²) in [5, 5.41) is 0. The standard InChI is InChI=1S/C13H16N4O2/c1-18-8-10-7-12(17-14)16-13(15-10)9-4-3-5-11(6-9)19-2/h3-7H,8,14H2,1-2H3,(H,15,16,17). The molecule has 0 aliphatic carbocycles. The Hall–Kier alpha value is -2.18. The first kappa shape index (κ1) is 13.3. The number of aromatic nitrogens is 2. The van der Waals surface area contributed by atoms with E-state index in [9.17, 15) is 0 Å². The SMILES string of the molecule is COCc1cc(NN)nc(-c2cccc(OC)c2)n1. The maximum absolute atomic E-state index is 5.41. The van der Waals surface area contributed by atoms with Crippen molar-refractivity contribution in [1.29, 1.82) is 0 Å². The summed E-state index contributed by atoms with van der Waals surface area (Å²) in [5.74, 6) is 7.27. The third kappa shape index (κ3) is 3.18. The quantitative estimate of drug-likeness (QED) is 0.627. The maximum Gasteiger partial charge on any atom is 0.162 e. The lowest BCUT2D eigenvalue weighted by Crippen LogP contribution is -2.10. The van der Waals surface area contributed by atoms with Gasteiger partial charge in [-0.05, 0) is 12.1 Å². The van der Waals surface area contributed by atoms with Crippen LogP contribution in [0.25, 0.3) is 11.4 Å². The van der Waals surface area contributed by atoms with Crippen molar-refractivity contribution in [3.63, 3.8) is 0 Å². The predicted molar refractivity (Wildman–Crippen MR) is 72.5 cm³/mol. The zero-order valence-corrected chi connectivity index (χ0v) is 10.9. The molecule has 1 aromatic heterocycles. The first-order valence-electron chi connectivity index (χ1n) is 5.74. The Morgan fingerprint density at radius 1 is 1.21 bits per heavy atom. The minimum absolute atomic E-state index is 0.397. The molecule has 0 radical (unpaired) electrons. The van der Waals surface area contributed by atoms with Crippen molar-refractivity contribution in [3.05, 3.63) is 36.0 Å². The first-order valence-corrected chi connectivity index (χ1v) is 5.74. The molecule has 3 N–H and O–H groups in total. The molecule has 0 unspecified atom stereocenters. The molecule has 2 rings (SSSR count). The molecule has 2 aromatic rings. The average Bonchev–Trinajstić information content (AvgIpc) is 2.47. The first-order chi connectivity index (χ1) is 9.26. The van der Waals surface area contributed by atoms with E-state index in [0.29, 0.717) is 18.2 Å². The van der Waals surface area contributed by atoms with Gasteiger partial charge in [-0.1, -0.05) is 12.1 Å². The van der Waals surface area contributed by atoms with E-state index in [1.54, 1.807) is 20.3 Å². The number of hydrogen-bond donors (Lipinski definition) is 2. The molecular formula is C13H16N4O2. The highest BCUT2D eigenvalue weighted by Gasteiger charge is 2.07. The van der Waals surface area contributed by atoms with Crippen LogP contribution in [0.4, 0.5) is 5.82 Å². The average molecular weight is 260 g/mol. The number of methoxy groups -OCH3 is 2. The van der Waals surface area contributed by atoms with Crippen LogP contribution < -0.4 is 16.0 Å². The minimum atomic E-state index is 0.397. The summed E-state index contributed by atoms with van der Waals surface area (Å²) in [6, 6.07) is 9.27. The van der Waals surface area contributed by atoms with E-state index in [1.807, 2.05) is 24.3 Å². The largest absolute Gasteiger partial charge is 0.497 e. The summed E-state index contributed by atoms with van der Waals surface area (Å²) >= 11 is 0. The highest BCUT2D eigenvalue weighted by molar-refractivity contribution is 5.59. The van der Waals surface area contributed by atoms with Crippen molar-refractivity contribution >= 4 is 5.82 Å². The van der Waals surface area contributed by atoms with Gasteiger partial charge in [-0.2, -0.15) is 0 Å². The third-order valence-corrected chi connectivity index (χ3v) is 2.55. The second-order valence-electron chi connectivity index (χ2n) is 3.88. The van der Waals surface area contributed by atoms with Gasteiger partial charge < -0.3 is 14.9 Å². The molecule has 1 aromatic carbocycles. The molecule has 0 aliphatic heterocycles. The van der Waals surface area contributed by atoms with Gasteiger partial charge in [0.05, 0.1) is 19.4 Å².